The van der Waals surface area contributed by atoms with Gasteiger partial charge in [-0.15, -0.1) is 0 Å². The summed E-state index contributed by atoms with van der Waals surface area (Å²) < 4.78 is 1.50. The second-order valence-electron chi connectivity index (χ2n) is 3.36. The predicted molar refractivity (Wildman–Crippen MR) is 59.0 cm³/mol. The second-order valence-corrected chi connectivity index (χ2v) is 4.23. The number of nitrogens with zero attached hydrogens (tertiary/aromatic N) is 3. The molecule has 0 amide bonds. The van der Waals surface area contributed by atoms with Crippen LogP contribution in [-0.4, -0.2) is 14.3 Å². The molecule has 0 aliphatic rings. The van der Waals surface area contributed by atoms with Gasteiger partial charge in [-0.05, 0) is 24.8 Å². The molecule has 0 unspecified atom stereocenters. The van der Waals surface area contributed by atoms with Gasteiger partial charge >= 0.3 is 5.82 Å². The molecule has 0 spiro atoms. The van der Waals surface area contributed by atoms with E-state index in [9.17, 15) is 10.1 Å². The number of hydrogen-bond donors (Lipinski definition) is 0. The van der Waals surface area contributed by atoms with E-state index in [2.05, 4.69) is 4.98 Å². The highest BCUT2D eigenvalue weighted by Gasteiger charge is 2.21. The lowest BCUT2D eigenvalue weighted by Crippen LogP contribution is -1.93. The summed E-state index contributed by atoms with van der Waals surface area (Å²) in [7, 11) is 0. The summed E-state index contributed by atoms with van der Waals surface area (Å²) >= 11 is 1.38. The van der Waals surface area contributed by atoms with E-state index in [1.807, 2.05) is 13.8 Å². The number of rotatable bonds is 2. The molecule has 0 bridgehead atoms. The average Bonchev–Trinajstić information content (AvgIpc) is 2.60. The molecule has 0 aromatic carbocycles. The Hall–Kier alpha value is -1.69. The highest BCUT2D eigenvalue weighted by Crippen LogP contribution is 2.25. The molecule has 78 valence electrons. The standard InChI is InChI=1S/C9H9N3O2S/c1-6(2)5-7-8(12(13)14)11-3-4-15-9(11)10-7/h3-5H,1-2H3. The van der Waals surface area contributed by atoms with Crippen LogP contribution >= 0.6 is 11.3 Å². The van der Waals surface area contributed by atoms with Gasteiger partial charge in [0.2, 0.25) is 0 Å². The van der Waals surface area contributed by atoms with Gasteiger partial charge in [0.15, 0.2) is 5.69 Å². The van der Waals surface area contributed by atoms with Crippen molar-refractivity contribution in [2.45, 2.75) is 13.8 Å². The highest BCUT2D eigenvalue weighted by atomic mass is 32.1. The lowest BCUT2D eigenvalue weighted by atomic mass is 10.3. The number of aromatic nitrogens is 2. The molecule has 0 fully saturated rings. The first-order chi connectivity index (χ1) is 7.09. The molecule has 2 heterocycles. The predicted octanol–water partition coefficient (Wildman–Crippen LogP) is 2.73. The third-order valence-corrected chi connectivity index (χ3v) is 2.62. The zero-order valence-corrected chi connectivity index (χ0v) is 9.11. The van der Waals surface area contributed by atoms with Crippen molar-refractivity contribution in [2.24, 2.45) is 0 Å². The van der Waals surface area contributed by atoms with Gasteiger partial charge in [0.05, 0.1) is 0 Å². The van der Waals surface area contributed by atoms with Crippen LogP contribution in [0.1, 0.15) is 19.5 Å². The van der Waals surface area contributed by atoms with Gasteiger partial charge in [-0.25, -0.2) is 0 Å². The number of imidazole rings is 1. The molecule has 0 atom stereocenters. The van der Waals surface area contributed by atoms with E-state index in [0.717, 1.165) is 5.57 Å². The lowest BCUT2D eigenvalue weighted by Gasteiger charge is -1.93. The zero-order valence-electron chi connectivity index (χ0n) is 8.30. The molecule has 0 aliphatic heterocycles. The van der Waals surface area contributed by atoms with Crippen LogP contribution in [0.2, 0.25) is 0 Å². The van der Waals surface area contributed by atoms with E-state index in [1.54, 1.807) is 17.7 Å². The zero-order chi connectivity index (χ0) is 11.0. The Morgan fingerprint density at radius 3 is 3.00 bits per heavy atom. The fourth-order valence-electron chi connectivity index (χ4n) is 1.34. The Balaban J connectivity index is 2.73. The molecular formula is C9H9N3O2S. The first-order valence-electron chi connectivity index (χ1n) is 4.34. The second kappa shape index (κ2) is 3.47. The van der Waals surface area contributed by atoms with Gasteiger partial charge in [-0.2, -0.15) is 9.38 Å². The molecule has 0 N–H and O–H groups in total. The fraction of sp³-hybridized carbons (Fsp3) is 0.222. The monoisotopic (exact) mass is 223 g/mol. The summed E-state index contributed by atoms with van der Waals surface area (Å²) in [5, 5.41) is 12.7. The van der Waals surface area contributed by atoms with Gasteiger partial charge in [-0.1, -0.05) is 16.9 Å². The average molecular weight is 223 g/mol. The van der Waals surface area contributed by atoms with Crippen molar-refractivity contribution in [3.05, 3.63) is 33.0 Å². The molecule has 2 aromatic rings. The van der Waals surface area contributed by atoms with Crippen molar-refractivity contribution in [1.82, 2.24) is 9.38 Å². The van der Waals surface area contributed by atoms with Crippen molar-refractivity contribution in [3.63, 3.8) is 0 Å². The molecule has 2 aromatic heterocycles. The van der Waals surface area contributed by atoms with E-state index in [0.29, 0.717) is 10.7 Å². The smallest absolute Gasteiger partial charge is 0.355 e. The Kier molecular flexibility index (Phi) is 2.28. The number of hydrogen-bond acceptors (Lipinski definition) is 4. The van der Waals surface area contributed by atoms with Crippen LogP contribution in [0.15, 0.2) is 17.2 Å². The van der Waals surface area contributed by atoms with Gasteiger partial charge in [0, 0.05) is 5.38 Å². The van der Waals surface area contributed by atoms with E-state index >= 15 is 0 Å². The maximum absolute atomic E-state index is 10.9. The quantitative estimate of drug-likeness (QED) is 0.581. The minimum atomic E-state index is -0.401. The first kappa shape index (κ1) is 9.85. The number of nitro groups is 1. The summed E-state index contributed by atoms with van der Waals surface area (Å²) in [6, 6.07) is 0. The summed E-state index contributed by atoms with van der Waals surface area (Å²) in [5.41, 5.74) is 1.41. The van der Waals surface area contributed by atoms with Crippen molar-refractivity contribution in [2.75, 3.05) is 0 Å². The minimum absolute atomic E-state index is 0.0347. The van der Waals surface area contributed by atoms with Crippen molar-refractivity contribution in [3.8, 4) is 0 Å². The number of thiazole rings is 1. The van der Waals surface area contributed by atoms with E-state index < -0.39 is 4.92 Å². The van der Waals surface area contributed by atoms with Gasteiger partial charge in [0.1, 0.15) is 6.20 Å². The fourth-order valence-corrected chi connectivity index (χ4v) is 2.06. The Labute approximate surface area is 89.8 Å². The van der Waals surface area contributed by atoms with Crippen LogP contribution < -0.4 is 0 Å². The maximum atomic E-state index is 10.9. The van der Waals surface area contributed by atoms with E-state index in [-0.39, 0.29) is 5.82 Å². The van der Waals surface area contributed by atoms with Gasteiger partial charge in [-0.3, -0.25) is 0 Å². The van der Waals surface area contributed by atoms with E-state index in [4.69, 9.17) is 0 Å². The van der Waals surface area contributed by atoms with Crippen LogP contribution in [0.3, 0.4) is 0 Å². The first-order valence-corrected chi connectivity index (χ1v) is 5.22. The molecule has 2 rings (SSSR count). The highest BCUT2D eigenvalue weighted by molar-refractivity contribution is 7.15. The lowest BCUT2D eigenvalue weighted by molar-refractivity contribution is -0.390. The molecule has 5 nitrogen and oxygen atoms in total. The van der Waals surface area contributed by atoms with Crippen LogP contribution in [0.4, 0.5) is 5.82 Å². The third-order valence-electron chi connectivity index (χ3n) is 1.86. The van der Waals surface area contributed by atoms with Gasteiger partial charge < -0.3 is 10.1 Å². The molecule has 6 heteroatoms. The summed E-state index contributed by atoms with van der Waals surface area (Å²) in [6.07, 6.45) is 3.38. The maximum Gasteiger partial charge on any atom is 0.355 e. The number of fused-ring (bicyclic) bond motifs is 1. The van der Waals surface area contributed by atoms with Crippen LogP contribution in [0.5, 0.6) is 0 Å². The normalized spacial score (nSPS) is 10.5. The Bertz CT molecular complexity index is 549. The summed E-state index contributed by atoms with van der Waals surface area (Å²) in [4.78, 5) is 15.3. The molecule has 15 heavy (non-hydrogen) atoms. The van der Waals surface area contributed by atoms with Crippen molar-refractivity contribution >= 4 is 28.2 Å². The largest absolute Gasteiger partial charge is 0.358 e. The summed E-state index contributed by atoms with van der Waals surface area (Å²) in [5.74, 6) is 0.0347. The van der Waals surface area contributed by atoms with Gasteiger partial charge in [0.25, 0.3) is 4.96 Å². The Morgan fingerprint density at radius 2 is 2.40 bits per heavy atom. The van der Waals surface area contributed by atoms with Crippen LogP contribution in [-0.2, 0) is 0 Å². The minimum Gasteiger partial charge on any atom is -0.358 e. The topological polar surface area (TPSA) is 60.4 Å². The van der Waals surface area contributed by atoms with Crippen molar-refractivity contribution < 1.29 is 4.92 Å². The molecule has 0 radical (unpaired) electrons. The summed E-state index contributed by atoms with van der Waals surface area (Å²) in [6.45, 7) is 3.77. The molecule has 0 saturated carbocycles. The number of allylic oxidation sites excluding steroid dienone is 1. The van der Waals surface area contributed by atoms with E-state index in [1.165, 1.54) is 15.7 Å². The molecule has 0 saturated heterocycles. The SMILES string of the molecule is CC(C)=Cc1nc2sccn2c1[N+](=O)[O-]. The molecular weight excluding hydrogens is 214 g/mol. The molecule has 0 aliphatic carbocycles. The third kappa shape index (κ3) is 1.63. The van der Waals surface area contributed by atoms with Crippen LogP contribution in [0, 0.1) is 10.1 Å². The van der Waals surface area contributed by atoms with Crippen molar-refractivity contribution in [1.29, 1.82) is 0 Å². The Morgan fingerprint density at radius 1 is 1.67 bits per heavy atom. The van der Waals surface area contributed by atoms with Crippen LogP contribution in [0.25, 0.3) is 11.0 Å².